The first-order valence-electron chi connectivity index (χ1n) is 13.0. The zero-order valence-electron chi connectivity index (χ0n) is 21.1. The second-order valence-corrected chi connectivity index (χ2v) is 9.49. The van der Waals surface area contributed by atoms with Crippen molar-refractivity contribution in [2.75, 3.05) is 49.1 Å². The van der Waals surface area contributed by atoms with Gasteiger partial charge in [-0.15, -0.1) is 0 Å². The van der Waals surface area contributed by atoms with Gasteiger partial charge < -0.3 is 25.4 Å². The number of rotatable bonds is 9. The molecule has 0 saturated carbocycles. The number of anilines is 3. The summed E-state index contributed by atoms with van der Waals surface area (Å²) in [5, 5.41) is 3.21. The van der Waals surface area contributed by atoms with E-state index in [-0.39, 0.29) is 0 Å². The van der Waals surface area contributed by atoms with Crippen molar-refractivity contribution in [1.82, 2.24) is 14.9 Å². The van der Waals surface area contributed by atoms with E-state index in [1.54, 1.807) is 0 Å². The van der Waals surface area contributed by atoms with E-state index in [0.717, 1.165) is 19.4 Å². The maximum Gasteiger partial charge on any atom is 0.320 e. The summed E-state index contributed by atoms with van der Waals surface area (Å²) in [6.45, 7) is 7.42. The van der Waals surface area contributed by atoms with Gasteiger partial charge in [-0.05, 0) is 60.7 Å². The van der Waals surface area contributed by atoms with Gasteiger partial charge in [0.2, 0.25) is 0 Å². The van der Waals surface area contributed by atoms with E-state index >= 15 is 0 Å². The minimum absolute atomic E-state index is 0.304. The summed E-state index contributed by atoms with van der Waals surface area (Å²) in [6, 6.07) is 17.8. The lowest BCUT2D eigenvalue weighted by Crippen LogP contribution is -2.26. The zero-order valence-corrected chi connectivity index (χ0v) is 21.1. The fraction of sp³-hybridized carbons (Fsp3) is 0.429. The van der Waals surface area contributed by atoms with Crippen molar-refractivity contribution < 1.29 is 9.47 Å². The number of nitrogens with two attached hydrogens (primary N) is 1. The Bertz CT molecular complexity index is 1160. The lowest BCUT2D eigenvalue weighted by atomic mass is 9.97. The van der Waals surface area contributed by atoms with Crippen LogP contribution in [0.25, 0.3) is 11.1 Å². The monoisotopic (exact) mass is 488 g/mol. The summed E-state index contributed by atoms with van der Waals surface area (Å²) in [7, 11) is 0. The van der Waals surface area contributed by atoms with E-state index < -0.39 is 0 Å². The van der Waals surface area contributed by atoms with E-state index in [1.165, 1.54) is 48.2 Å². The average molecular weight is 489 g/mol. The van der Waals surface area contributed by atoms with Gasteiger partial charge in [-0.2, -0.15) is 9.97 Å². The molecule has 8 nitrogen and oxygen atoms in total. The highest BCUT2D eigenvalue weighted by Crippen LogP contribution is 2.34. The van der Waals surface area contributed by atoms with Crippen LogP contribution in [-0.2, 0) is 17.8 Å². The molecular weight excluding hydrogens is 452 g/mol. The molecule has 5 rings (SSSR count). The fourth-order valence-corrected chi connectivity index (χ4v) is 4.86. The van der Waals surface area contributed by atoms with Crippen LogP contribution in [0.5, 0.6) is 6.01 Å². The number of nitrogens with one attached hydrogen (secondary N) is 1. The highest BCUT2D eigenvalue weighted by Gasteiger charge is 2.22. The first kappa shape index (κ1) is 24.3. The van der Waals surface area contributed by atoms with Crippen LogP contribution in [0.1, 0.15) is 43.7 Å². The van der Waals surface area contributed by atoms with E-state index in [2.05, 4.69) is 75.6 Å². The molecule has 1 aromatic heterocycles. The summed E-state index contributed by atoms with van der Waals surface area (Å²) < 4.78 is 11.6. The molecule has 2 aliphatic rings. The number of aromatic nitrogens is 2. The number of likely N-dealkylation sites (tertiary alicyclic amines) is 1. The molecular formula is C28H36N6O2. The Balaban J connectivity index is 1.40. The van der Waals surface area contributed by atoms with Crippen LogP contribution in [-0.4, -0.2) is 48.0 Å². The first-order valence-corrected chi connectivity index (χ1v) is 13.0. The van der Waals surface area contributed by atoms with E-state index in [0.29, 0.717) is 49.9 Å². The number of nitrogens with zero attached hydrogens (tertiary/aromatic N) is 4. The normalized spacial score (nSPS) is 15.9. The molecule has 1 fully saturated rings. The number of hydrogen-bond donors (Lipinski definition) is 2. The highest BCUT2D eigenvalue weighted by molar-refractivity contribution is 5.77. The Morgan fingerprint density at radius 1 is 1.06 bits per heavy atom. The van der Waals surface area contributed by atoms with E-state index in [9.17, 15) is 0 Å². The number of nitrogen functional groups attached to an aromatic ring is 1. The predicted molar refractivity (Wildman–Crippen MR) is 144 cm³/mol. The molecule has 190 valence electrons. The highest BCUT2D eigenvalue weighted by atomic mass is 16.5. The Hall–Kier alpha value is -3.36. The van der Waals surface area contributed by atoms with Gasteiger partial charge in [0.25, 0.3) is 0 Å². The van der Waals surface area contributed by atoms with Gasteiger partial charge in [0.05, 0.1) is 6.61 Å². The minimum atomic E-state index is 0.304. The largest absolute Gasteiger partial charge is 0.463 e. The van der Waals surface area contributed by atoms with Crippen molar-refractivity contribution in [2.45, 2.75) is 45.7 Å². The molecule has 2 aliphatic heterocycles. The number of unbranched alkanes of at least 4 members (excludes halogenated alkanes) is 1. The molecule has 0 atom stereocenters. The molecule has 0 unspecified atom stereocenters. The summed E-state index contributed by atoms with van der Waals surface area (Å²) in [6.07, 6.45) is 4.58. The van der Waals surface area contributed by atoms with Crippen molar-refractivity contribution in [2.24, 2.45) is 0 Å². The van der Waals surface area contributed by atoms with Gasteiger partial charge in [0.1, 0.15) is 19.1 Å². The van der Waals surface area contributed by atoms with Crippen LogP contribution in [0, 0.1) is 0 Å². The third kappa shape index (κ3) is 5.71. The number of hydrogen-bond acceptors (Lipinski definition) is 8. The molecule has 3 aromatic rings. The van der Waals surface area contributed by atoms with E-state index in [1.807, 2.05) is 0 Å². The van der Waals surface area contributed by atoms with Crippen LogP contribution in [0.4, 0.5) is 17.3 Å². The standard InChI is InChI=1S/C28H36N6O2/c1-2-3-15-36-28-31-26(29)25-27(32-28)34(20-35-19-30-25)17-21-9-8-11-22(16-21)24-12-5-4-10-23(24)18-33-13-6-7-14-33/h4-5,8-12,16,30H,2-3,6-7,13-15,17-20H2,1H3,(H2,29,31,32). The summed E-state index contributed by atoms with van der Waals surface area (Å²) in [5.41, 5.74) is 12.0. The Morgan fingerprint density at radius 2 is 1.92 bits per heavy atom. The number of ether oxygens (including phenoxy) is 2. The fourth-order valence-electron chi connectivity index (χ4n) is 4.86. The number of fused-ring (bicyclic) bond motifs is 1. The van der Waals surface area contributed by atoms with Crippen molar-refractivity contribution in [3.05, 3.63) is 59.7 Å². The van der Waals surface area contributed by atoms with Gasteiger partial charge in [0.15, 0.2) is 11.6 Å². The molecule has 3 N–H and O–H groups in total. The first-order chi connectivity index (χ1) is 17.7. The Morgan fingerprint density at radius 3 is 2.78 bits per heavy atom. The Labute approximate surface area is 213 Å². The molecule has 2 aromatic carbocycles. The third-order valence-electron chi connectivity index (χ3n) is 6.75. The van der Waals surface area contributed by atoms with Crippen LogP contribution in [0.15, 0.2) is 48.5 Å². The lowest BCUT2D eigenvalue weighted by molar-refractivity contribution is 0.154. The molecule has 36 heavy (non-hydrogen) atoms. The van der Waals surface area contributed by atoms with Crippen LogP contribution in [0.3, 0.4) is 0 Å². The molecule has 0 amide bonds. The molecule has 0 radical (unpaired) electrons. The van der Waals surface area contributed by atoms with Gasteiger partial charge in [0, 0.05) is 13.1 Å². The smallest absolute Gasteiger partial charge is 0.320 e. The van der Waals surface area contributed by atoms with Gasteiger partial charge in [-0.1, -0.05) is 55.8 Å². The molecule has 0 bridgehead atoms. The zero-order chi connectivity index (χ0) is 24.7. The lowest BCUT2D eigenvalue weighted by Gasteiger charge is -2.23. The van der Waals surface area contributed by atoms with Crippen molar-refractivity contribution >= 4 is 17.3 Å². The molecule has 8 heteroatoms. The Kier molecular flexibility index (Phi) is 7.83. The maximum absolute atomic E-state index is 6.28. The topological polar surface area (TPSA) is 88.8 Å². The van der Waals surface area contributed by atoms with Crippen LogP contribution < -0.4 is 20.7 Å². The van der Waals surface area contributed by atoms with Gasteiger partial charge in [-0.25, -0.2) is 0 Å². The third-order valence-corrected chi connectivity index (χ3v) is 6.75. The number of benzene rings is 2. The van der Waals surface area contributed by atoms with Gasteiger partial charge in [-0.3, -0.25) is 4.90 Å². The molecule has 0 aliphatic carbocycles. The van der Waals surface area contributed by atoms with Crippen LogP contribution >= 0.6 is 0 Å². The maximum atomic E-state index is 6.28. The SMILES string of the molecule is CCCCOc1nc(N)c2c(n1)N(Cc1cccc(-c3ccccc3CN3CCCC3)c1)COCN2. The molecule has 0 spiro atoms. The second-order valence-electron chi connectivity index (χ2n) is 9.49. The second kappa shape index (κ2) is 11.6. The summed E-state index contributed by atoms with van der Waals surface area (Å²) >= 11 is 0. The van der Waals surface area contributed by atoms with Crippen molar-refractivity contribution in [3.8, 4) is 17.1 Å². The van der Waals surface area contributed by atoms with Gasteiger partial charge >= 0.3 is 6.01 Å². The molecule has 3 heterocycles. The molecule has 1 saturated heterocycles. The predicted octanol–water partition coefficient (Wildman–Crippen LogP) is 4.86. The average Bonchev–Trinajstić information content (AvgIpc) is 3.32. The van der Waals surface area contributed by atoms with Crippen molar-refractivity contribution in [3.63, 3.8) is 0 Å². The summed E-state index contributed by atoms with van der Waals surface area (Å²) in [4.78, 5) is 13.7. The van der Waals surface area contributed by atoms with Crippen LogP contribution in [0.2, 0.25) is 0 Å². The minimum Gasteiger partial charge on any atom is -0.463 e. The quantitative estimate of drug-likeness (QED) is 0.413. The summed E-state index contributed by atoms with van der Waals surface area (Å²) in [5.74, 6) is 1.07. The van der Waals surface area contributed by atoms with E-state index in [4.69, 9.17) is 20.2 Å². The van der Waals surface area contributed by atoms with Crippen molar-refractivity contribution in [1.29, 1.82) is 0 Å².